The highest BCUT2D eigenvalue weighted by atomic mass is 16.5. The molecule has 2 aliphatic rings. The van der Waals surface area contributed by atoms with E-state index in [0.717, 1.165) is 11.2 Å². The van der Waals surface area contributed by atoms with Gasteiger partial charge >= 0.3 is 5.89 Å². The summed E-state index contributed by atoms with van der Waals surface area (Å²) in [5.41, 5.74) is 2.52. The van der Waals surface area contributed by atoms with Gasteiger partial charge in [-0.1, -0.05) is 30.2 Å². The lowest BCUT2D eigenvalue weighted by molar-refractivity contribution is -0.665. The van der Waals surface area contributed by atoms with Crippen molar-refractivity contribution in [3.63, 3.8) is 0 Å². The van der Waals surface area contributed by atoms with Crippen molar-refractivity contribution >= 4 is 28.6 Å². The zero-order valence-electron chi connectivity index (χ0n) is 16.9. The van der Waals surface area contributed by atoms with Crippen molar-refractivity contribution in [3.05, 3.63) is 83.3 Å². The second kappa shape index (κ2) is 7.54. The maximum absolute atomic E-state index is 12.8. The molecule has 0 saturated carbocycles. The molecular weight excluding hydrogens is 404 g/mol. The Balaban J connectivity index is 1.52. The van der Waals surface area contributed by atoms with Crippen molar-refractivity contribution in [2.45, 2.75) is 6.54 Å². The summed E-state index contributed by atoms with van der Waals surface area (Å²) in [7, 11) is 0. The minimum Gasteiger partial charge on any atom is -0.506 e. The first-order valence-corrected chi connectivity index (χ1v) is 9.86. The lowest BCUT2D eigenvalue weighted by Gasteiger charge is -2.20. The molecule has 2 heterocycles. The number of ketones is 1. The predicted octanol–water partition coefficient (Wildman–Crippen LogP) is 3.51. The molecule has 32 heavy (non-hydrogen) atoms. The van der Waals surface area contributed by atoms with E-state index in [2.05, 4.69) is 11.8 Å². The maximum Gasteiger partial charge on any atom is 0.375 e. The van der Waals surface area contributed by atoms with Gasteiger partial charge in [0.25, 0.3) is 5.52 Å². The zero-order valence-corrected chi connectivity index (χ0v) is 16.9. The van der Waals surface area contributed by atoms with E-state index < -0.39 is 0 Å². The van der Waals surface area contributed by atoms with Gasteiger partial charge in [-0.3, -0.25) is 9.69 Å². The first kappa shape index (κ1) is 19.3. The lowest BCUT2D eigenvalue weighted by Crippen LogP contribution is -2.35. The summed E-state index contributed by atoms with van der Waals surface area (Å²) in [5, 5.41) is 10.6. The number of hydrogen-bond donors (Lipinski definition) is 1. The van der Waals surface area contributed by atoms with Crippen molar-refractivity contribution in [1.82, 2.24) is 0 Å². The molecule has 3 aromatic rings. The highest BCUT2D eigenvalue weighted by Gasteiger charge is 2.37. The van der Waals surface area contributed by atoms with E-state index in [4.69, 9.17) is 22.0 Å². The largest absolute Gasteiger partial charge is 0.506 e. The van der Waals surface area contributed by atoms with E-state index in [-0.39, 0.29) is 35.8 Å². The molecule has 0 spiro atoms. The fourth-order valence-corrected chi connectivity index (χ4v) is 3.79. The van der Waals surface area contributed by atoms with Crippen LogP contribution >= 0.6 is 0 Å². The number of para-hydroxylation sites is 4. The average Bonchev–Trinajstić information content (AvgIpc) is 3.34. The van der Waals surface area contributed by atoms with Gasteiger partial charge in [0.1, 0.15) is 5.76 Å². The van der Waals surface area contributed by atoms with Crippen LogP contribution in [0.3, 0.4) is 0 Å². The first-order chi connectivity index (χ1) is 15.6. The fraction of sp³-hybridized carbons (Fsp3) is 0.0769. The Morgan fingerprint density at radius 2 is 1.84 bits per heavy atom. The summed E-state index contributed by atoms with van der Waals surface area (Å²) in [5.74, 6) is 6.08. The van der Waals surface area contributed by atoms with Crippen molar-refractivity contribution in [2.75, 3.05) is 11.4 Å². The minimum atomic E-state index is -0.331. The van der Waals surface area contributed by atoms with E-state index in [9.17, 15) is 9.90 Å². The molecule has 5 rings (SSSR count). The van der Waals surface area contributed by atoms with Crippen LogP contribution in [0.25, 0.3) is 17.2 Å². The van der Waals surface area contributed by atoms with Crippen LogP contribution in [0, 0.1) is 24.7 Å². The predicted molar refractivity (Wildman–Crippen MR) is 119 cm³/mol. The Kier molecular flexibility index (Phi) is 4.54. The highest BCUT2D eigenvalue weighted by molar-refractivity contribution is 6.23. The molecule has 0 bridgehead atoms. The summed E-state index contributed by atoms with van der Waals surface area (Å²) in [6.45, 7) is 0.525. The van der Waals surface area contributed by atoms with Gasteiger partial charge in [-0.15, -0.1) is 17.4 Å². The molecule has 6 heteroatoms. The van der Waals surface area contributed by atoms with Gasteiger partial charge in [0.15, 0.2) is 5.75 Å². The number of carbonyl (C=O) groups excluding carboxylic acids is 1. The molecule has 1 N–H and O–H groups in total. The van der Waals surface area contributed by atoms with E-state index in [1.807, 2.05) is 48.5 Å². The summed E-state index contributed by atoms with van der Waals surface area (Å²) >= 11 is 0. The van der Waals surface area contributed by atoms with Gasteiger partial charge in [0.2, 0.25) is 23.8 Å². The van der Waals surface area contributed by atoms with Crippen LogP contribution in [0.2, 0.25) is 0 Å². The molecule has 1 aliphatic carbocycles. The van der Waals surface area contributed by atoms with Gasteiger partial charge in [0.05, 0.1) is 29.5 Å². The summed E-state index contributed by atoms with van der Waals surface area (Å²) in [4.78, 5) is 14.6. The van der Waals surface area contributed by atoms with Crippen LogP contribution in [0.15, 0.2) is 81.8 Å². The maximum atomic E-state index is 12.8. The van der Waals surface area contributed by atoms with Crippen LogP contribution in [0.1, 0.15) is 5.89 Å². The number of aromatic nitrogens is 1. The van der Waals surface area contributed by atoms with Crippen LogP contribution < -0.4 is 14.2 Å². The number of carbonyl (C=O) groups is 1. The van der Waals surface area contributed by atoms with Gasteiger partial charge in [-0.05, 0) is 24.1 Å². The molecule has 2 aromatic carbocycles. The zero-order chi connectivity index (χ0) is 22.2. The summed E-state index contributed by atoms with van der Waals surface area (Å²) in [6.07, 6.45) is 14.0. The monoisotopic (exact) mass is 421 g/mol. The van der Waals surface area contributed by atoms with Crippen LogP contribution in [0.5, 0.6) is 5.75 Å². The van der Waals surface area contributed by atoms with Crippen molar-refractivity contribution in [2.24, 2.45) is 0 Å². The van der Waals surface area contributed by atoms with Gasteiger partial charge in [0, 0.05) is 12.1 Å². The number of oxazole rings is 1. The standard InChI is InChI=1S/C26H16N2O4/c1-3-13-27-19-9-5-7-11-21(19)31-23(27)15-17-25(29)18(26(17)30)16-24-28(14-4-2)20-10-6-8-12-22(20)32-24/h1-2,5-12,15-16H,13-14H2/p+1. The third kappa shape index (κ3) is 2.94. The van der Waals surface area contributed by atoms with Gasteiger partial charge < -0.3 is 14.3 Å². The number of fused-ring (bicyclic) bond motifs is 2. The number of ether oxygens (including phenoxy) is 1. The number of allylic oxidation sites excluding steroid dienone is 3. The normalized spacial score (nSPS) is 17.3. The Morgan fingerprint density at radius 3 is 2.62 bits per heavy atom. The minimum absolute atomic E-state index is 0.140. The van der Waals surface area contributed by atoms with Crippen molar-refractivity contribution in [3.8, 4) is 30.4 Å². The fourth-order valence-electron chi connectivity index (χ4n) is 3.79. The quantitative estimate of drug-likeness (QED) is 0.397. The molecule has 0 saturated heterocycles. The summed E-state index contributed by atoms with van der Waals surface area (Å²) in [6, 6.07) is 14.8. The third-order valence-corrected chi connectivity index (χ3v) is 5.31. The molecular formula is C26H17N2O4+. The van der Waals surface area contributed by atoms with Crippen LogP contribution in [0.4, 0.5) is 5.69 Å². The smallest absolute Gasteiger partial charge is 0.375 e. The van der Waals surface area contributed by atoms with E-state index in [1.165, 1.54) is 12.2 Å². The van der Waals surface area contributed by atoms with Crippen molar-refractivity contribution < 1.29 is 23.6 Å². The Hall–Kier alpha value is -4.68. The number of rotatable bonds is 4. The Bertz CT molecular complexity index is 1460. The Labute approximate surface area is 184 Å². The second-order valence-electron chi connectivity index (χ2n) is 7.19. The molecule has 154 valence electrons. The van der Waals surface area contributed by atoms with Gasteiger partial charge in [-0.25, -0.2) is 0 Å². The topological polar surface area (TPSA) is 66.8 Å². The molecule has 0 unspecified atom stereocenters. The third-order valence-electron chi connectivity index (χ3n) is 5.31. The molecule has 0 fully saturated rings. The molecule has 0 atom stereocenters. The number of benzene rings is 2. The van der Waals surface area contributed by atoms with Crippen LogP contribution in [-0.4, -0.2) is 17.4 Å². The molecule has 6 nitrogen and oxygen atoms in total. The lowest BCUT2D eigenvalue weighted by atomic mass is 9.87. The van der Waals surface area contributed by atoms with Gasteiger partial charge in [-0.2, -0.15) is 0 Å². The van der Waals surface area contributed by atoms with Crippen LogP contribution in [-0.2, 0) is 11.3 Å². The number of terminal acetylenes is 2. The molecule has 0 radical (unpaired) electrons. The molecule has 1 aliphatic heterocycles. The number of Topliss-reactive ketones (excluding diaryl/α,β-unsaturated/α-hetero) is 1. The number of hydrogen-bond acceptors (Lipinski definition) is 5. The average molecular weight is 421 g/mol. The van der Waals surface area contributed by atoms with E-state index >= 15 is 0 Å². The number of nitrogens with zero attached hydrogens (tertiary/aromatic N) is 2. The Morgan fingerprint density at radius 1 is 1.06 bits per heavy atom. The second-order valence-corrected chi connectivity index (χ2v) is 7.19. The highest BCUT2D eigenvalue weighted by Crippen LogP contribution is 2.40. The summed E-state index contributed by atoms with van der Waals surface area (Å²) < 4.78 is 13.5. The van der Waals surface area contributed by atoms with Crippen molar-refractivity contribution in [1.29, 1.82) is 0 Å². The number of aliphatic hydroxyl groups excluding tert-OH is 1. The number of aliphatic hydroxyl groups is 1. The number of anilines is 1. The van der Waals surface area contributed by atoms with E-state index in [1.54, 1.807) is 9.47 Å². The SMILES string of the molecule is C#CCN1C(=CC2=C(O)C(=Cc3oc4ccccc4[n+]3CC#C)C2=O)Oc2ccccc21. The molecule has 0 amide bonds. The van der Waals surface area contributed by atoms with E-state index in [0.29, 0.717) is 23.1 Å². The molecule has 1 aromatic heterocycles. The first-order valence-electron chi connectivity index (χ1n) is 9.86.